The number of rotatable bonds is 1. The molecule has 0 bridgehead atoms. The molecule has 6 nitrogen and oxygen atoms in total. The van der Waals surface area contributed by atoms with Crippen LogP contribution in [0.25, 0.3) is 0 Å². The summed E-state index contributed by atoms with van der Waals surface area (Å²) in [7, 11) is 0. The smallest absolute Gasteiger partial charge is 0.250 e. The van der Waals surface area contributed by atoms with Gasteiger partial charge in [-0.25, -0.2) is 4.90 Å². The Morgan fingerprint density at radius 2 is 1.59 bits per heavy atom. The second kappa shape index (κ2) is 6.29. The number of anilines is 2. The van der Waals surface area contributed by atoms with E-state index in [1.54, 1.807) is 0 Å². The highest BCUT2D eigenvalue weighted by atomic mass is 16.2. The summed E-state index contributed by atoms with van der Waals surface area (Å²) in [5.41, 5.74) is 5.23. The molecule has 6 rings (SSSR count). The van der Waals surface area contributed by atoms with E-state index in [0.29, 0.717) is 5.69 Å². The average molecular weight is 430 g/mol. The summed E-state index contributed by atoms with van der Waals surface area (Å²) in [6.07, 6.45) is 1.75. The Labute approximate surface area is 187 Å². The van der Waals surface area contributed by atoms with Crippen molar-refractivity contribution in [1.29, 1.82) is 0 Å². The van der Waals surface area contributed by atoms with Crippen LogP contribution in [0, 0.1) is 39.5 Å². The number of nitrogens with one attached hydrogen (secondary N) is 1. The monoisotopic (exact) mass is 429 g/mol. The maximum Gasteiger partial charge on any atom is 0.250 e. The molecule has 4 aliphatic heterocycles. The van der Waals surface area contributed by atoms with E-state index in [0.717, 1.165) is 52.9 Å². The Morgan fingerprint density at radius 3 is 2.31 bits per heavy atom. The molecule has 32 heavy (non-hydrogen) atoms. The first-order valence-electron chi connectivity index (χ1n) is 11.4. The topological polar surface area (TPSA) is 69.7 Å². The number of benzene rings is 2. The van der Waals surface area contributed by atoms with Gasteiger partial charge in [-0.1, -0.05) is 23.8 Å². The van der Waals surface area contributed by atoms with Crippen LogP contribution in [0.4, 0.5) is 11.4 Å². The highest BCUT2D eigenvalue weighted by molar-refractivity contribution is 6.26. The summed E-state index contributed by atoms with van der Waals surface area (Å²) in [5, 5.41) is 3.10. The average Bonchev–Trinajstić information content (AvgIpc) is 3.40. The third-order valence-corrected chi connectivity index (χ3v) is 7.91. The van der Waals surface area contributed by atoms with Crippen molar-refractivity contribution in [1.82, 2.24) is 4.90 Å². The molecule has 1 N–H and O–H groups in total. The lowest BCUT2D eigenvalue weighted by molar-refractivity contribution is -0.135. The van der Waals surface area contributed by atoms with E-state index in [1.165, 1.54) is 4.90 Å². The Bertz CT molecular complexity index is 1210. The van der Waals surface area contributed by atoms with E-state index in [1.807, 2.05) is 52.0 Å². The van der Waals surface area contributed by atoms with E-state index in [-0.39, 0.29) is 23.8 Å². The molecule has 1 spiro atoms. The molecule has 0 aromatic heterocycles. The summed E-state index contributed by atoms with van der Waals surface area (Å²) in [5.74, 6) is -1.78. The number of hydrogen-bond donors (Lipinski definition) is 1. The van der Waals surface area contributed by atoms with E-state index < -0.39 is 17.4 Å². The number of carbonyl (C=O) groups excluding carboxylic acids is 3. The van der Waals surface area contributed by atoms with Crippen molar-refractivity contribution in [2.24, 2.45) is 11.8 Å². The van der Waals surface area contributed by atoms with Crippen LogP contribution >= 0.6 is 0 Å². The van der Waals surface area contributed by atoms with E-state index in [2.05, 4.69) is 16.3 Å². The zero-order chi connectivity index (χ0) is 22.5. The van der Waals surface area contributed by atoms with Crippen LogP contribution in [-0.4, -0.2) is 35.2 Å². The van der Waals surface area contributed by atoms with Gasteiger partial charge in [0.15, 0.2) is 0 Å². The molecule has 3 saturated heterocycles. The zero-order valence-electron chi connectivity index (χ0n) is 18.9. The van der Waals surface area contributed by atoms with Gasteiger partial charge in [0.2, 0.25) is 17.7 Å². The highest BCUT2D eigenvalue weighted by Crippen LogP contribution is 2.61. The highest BCUT2D eigenvalue weighted by Gasteiger charge is 2.74. The SMILES string of the molecule is Cc1cc(C)cc(N2C(=O)C3C4CCCN4C4(C(=O)Nc5c(C)cc(C)cc54)C3C2=O)c1. The van der Waals surface area contributed by atoms with Crippen LogP contribution in [0.3, 0.4) is 0 Å². The summed E-state index contributed by atoms with van der Waals surface area (Å²) in [6, 6.07) is 9.80. The predicted molar refractivity (Wildman–Crippen MR) is 121 cm³/mol. The van der Waals surface area contributed by atoms with E-state index >= 15 is 0 Å². The lowest BCUT2D eigenvalue weighted by atomic mass is 9.75. The standard InChI is InChI=1S/C26H27N3O3/c1-13-8-14(2)11-17(10-13)29-23(30)20-19-6-5-7-28(19)26(21(20)24(29)31)18-12-15(3)9-16(4)22(18)27-25(26)32/h8-12,19-21H,5-7H2,1-4H3,(H,27,32). The number of hydrogen-bond acceptors (Lipinski definition) is 4. The molecule has 4 heterocycles. The van der Waals surface area contributed by atoms with Crippen molar-refractivity contribution in [2.45, 2.75) is 52.1 Å². The van der Waals surface area contributed by atoms with Gasteiger partial charge >= 0.3 is 0 Å². The van der Waals surface area contributed by atoms with Crippen LogP contribution in [0.5, 0.6) is 0 Å². The van der Waals surface area contributed by atoms with E-state index in [4.69, 9.17) is 0 Å². The minimum absolute atomic E-state index is 0.0927. The summed E-state index contributed by atoms with van der Waals surface area (Å²) >= 11 is 0. The molecule has 3 amide bonds. The number of amides is 3. The third-order valence-electron chi connectivity index (χ3n) is 7.91. The molecule has 164 valence electrons. The number of nitrogens with zero attached hydrogens (tertiary/aromatic N) is 2. The summed E-state index contributed by atoms with van der Waals surface area (Å²) in [6.45, 7) is 8.66. The van der Waals surface area contributed by atoms with Gasteiger partial charge in [-0.2, -0.15) is 0 Å². The van der Waals surface area contributed by atoms with Gasteiger partial charge < -0.3 is 5.32 Å². The molecule has 0 saturated carbocycles. The van der Waals surface area contributed by atoms with Gasteiger partial charge in [0.05, 0.1) is 17.5 Å². The molecule has 0 radical (unpaired) electrons. The lowest BCUT2D eigenvalue weighted by Crippen LogP contribution is -2.54. The Hall–Kier alpha value is -2.99. The number of carbonyl (C=O) groups is 3. The number of aryl methyl sites for hydroxylation is 4. The minimum Gasteiger partial charge on any atom is -0.324 e. The molecule has 3 fully saturated rings. The van der Waals surface area contributed by atoms with Crippen molar-refractivity contribution in [2.75, 3.05) is 16.8 Å². The van der Waals surface area contributed by atoms with Crippen LogP contribution in [0.15, 0.2) is 30.3 Å². The number of imide groups is 1. The quantitative estimate of drug-likeness (QED) is 0.706. The first-order valence-corrected chi connectivity index (χ1v) is 11.4. The minimum atomic E-state index is -1.11. The normalized spacial score (nSPS) is 30.8. The van der Waals surface area contributed by atoms with Gasteiger partial charge in [0.25, 0.3) is 0 Å². The Morgan fingerprint density at radius 1 is 0.906 bits per heavy atom. The first-order chi connectivity index (χ1) is 15.2. The van der Waals surface area contributed by atoms with E-state index in [9.17, 15) is 14.4 Å². The molecular formula is C26H27N3O3. The molecule has 2 aromatic rings. The molecular weight excluding hydrogens is 402 g/mol. The van der Waals surface area contributed by atoms with Gasteiger partial charge in [-0.3, -0.25) is 19.3 Å². The lowest BCUT2D eigenvalue weighted by Gasteiger charge is -2.37. The second-order valence-corrected chi connectivity index (χ2v) is 9.99. The van der Waals surface area contributed by atoms with Crippen LogP contribution in [0.2, 0.25) is 0 Å². The molecule has 2 aromatic carbocycles. The third kappa shape index (κ3) is 2.21. The summed E-state index contributed by atoms with van der Waals surface area (Å²) in [4.78, 5) is 45.2. The van der Waals surface area contributed by atoms with Gasteiger partial charge in [-0.15, -0.1) is 0 Å². The van der Waals surface area contributed by atoms with Crippen molar-refractivity contribution < 1.29 is 14.4 Å². The second-order valence-electron chi connectivity index (χ2n) is 9.99. The van der Waals surface area contributed by atoms with Crippen LogP contribution in [0.1, 0.15) is 40.7 Å². The van der Waals surface area contributed by atoms with Gasteiger partial charge in [-0.05, 0) is 75.9 Å². The van der Waals surface area contributed by atoms with Crippen LogP contribution < -0.4 is 10.2 Å². The van der Waals surface area contributed by atoms with Crippen molar-refractivity contribution in [3.05, 3.63) is 58.1 Å². The molecule has 4 aliphatic rings. The van der Waals surface area contributed by atoms with Crippen LogP contribution in [-0.2, 0) is 19.9 Å². The van der Waals surface area contributed by atoms with Crippen molar-refractivity contribution in [3.8, 4) is 0 Å². The van der Waals surface area contributed by atoms with Crippen molar-refractivity contribution >= 4 is 29.1 Å². The zero-order valence-corrected chi connectivity index (χ0v) is 18.9. The largest absolute Gasteiger partial charge is 0.324 e. The molecule has 0 aliphatic carbocycles. The fourth-order valence-corrected chi connectivity index (χ4v) is 6.99. The predicted octanol–water partition coefficient (Wildman–Crippen LogP) is 3.35. The fourth-order valence-electron chi connectivity index (χ4n) is 6.99. The van der Waals surface area contributed by atoms with Gasteiger partial charge in [0, 0.05) is 17.3 Å². The first kappa shape index (κ1) is 19.7. The molecule has 6 heteroatoms. The molecule has 4 unspecified atom stereocenters. The Balaban J connectivity index is 1.58. The fraction of sp³-hybridized carbons (Fsp3) is 0.423. The van der Waals surface area contributed by atoms with Crippen molar-refractivity contribution in [3.63, 3.8) is 0 Å². The maximum atomic E-state index is 14.0. The van der Waals surface area contributed by atoms with Gasteiger partial charge in [0.1, 0.15) is 5.54 Å². The number of fused-ring (bicyclic) bond motifs is 7. The molecule has 4 atom stereocenters. The summed E-state index contributed by atoms with van der Waals surface area (Å²) < 4.78 is 0. The maximum absolute atomic E-state index is 14.0. The Kier molecular flexibility index (Phi) is 3.87.